The SMILES string of the molecule is O=C(CSc1nc2ccccc2c(=O)n1C[C@@H]1CCCO1)c1cccc(F)c1. The van der Waals surface area contributed by atoms with E-state index in [1.807, 2.05) is 12.1 Å². The molecule has 5 nitrogen and oxygen atoms in total. The van der Waals surface area contributed by atoms with E-state index in [0.717, 1.165) is 12.8 Å². The van der Waals surface area contributed by atoms with Gasteiger partial charge in [-0.1, -0.05) is 36.0 Å². The highest BCUT2D eigenvalue weighted by atomic mass is 32.2. The number of Topliss-reactive ketones (excluding diaryl/α,β-unsaturated/α-hetero) is 1. The Morgan fingerprint density at radius 3 is 2.89 bits per heavy atom. The molecule has 28 heavy (non-hydrogen) atoms. The summed E-state index contributed by atoms with van der Waals surface area (Å²) in [6.45, 7) is 1.11. The van der Waals surface area contributed by atoms with Crippen LogP contribution in [0.4, 0.5) is 4.39 Å². The molecule has 0 radical (unpaired) electrons. The molecule has 0 bridgehead atoms. The van der Waals surface area contributed by atoms with Crippen LogP contribution in [0.15, 0.2) is 58.5 Å². The van der Waals surface area contributed by atoms with Gasteiger partial charge in [0.2, 0.25) is 0 Å². The highest BCUT2D eigenvalue weighted by Gasteiger charge is 2.21. The van der Waals surface area contributed by atoms with E-state index >= 15 is 0 Å². The van der Waals surface area contributed by atoms with Crippen LogP contribution < -0.4 is 5.56 Å². The van der Waals surface area contributed by atoms with Gasteiger partial charge in [0.25, 0.3) is 5.56 Å². The Balaban J connectivity index is 1.64. The molecule has 2 aromatic carbocycles. The molecular formula is C21H19FN2O3S. The second-order valence-electron chi connectivity index (χ2n) is 6.68. The van der Waals surface area contributed by atoms with E-state index in [4.69, 9.17) is 4.74 Å². The van der Waals surface area contributed by atoms with Crippen molar-refractivity contribution >= 4 is 28.4 Å². The molecular weight excluding hydrogens is 379 g/mol. The fourth-order valence-corrected chi connectivity index (χ4v) is 4.19. The maximum atomic E-state index is 13.4. The summed E-state index contributed by atoms with van der Waals surface area (Å²) in [6.07, 6.45) is 1.84. The number of nitrogens with zero attached hydrogens (tertiary/aromatic N) is 2. The van der Waals surface area contributed by atoms with Crippen LogP contribution in [0.1, 0.15) is 23.2 Å². The summed E-state index contributed by atoms with van der Waals surface area (Å²) >= 11 is 1.19. The van der Waals surface area contributed by atoms with Gasteiger partial charge in [0, 0.05) is 12.2 Å². The van der Waals surface area contributed by atoms with Crippen molar-refractivity contribution in [1.29, 1.82) is 0 Å². The summed E-state index contributed by atoms with van der Waals surface area (Å²) in [6, 6.07) is 12.8. The van der Waals surface area contributed by atoms with Crippen molar-refractivity contribution in [2.45, 2.75) is 30.6 Å². The Hall–Kier alpha value is -2.51. The molecule has 0 amide bonds. The Morgan fingerprint density at radius 2 is 2.11 bits per heavy atom. The van der Waals surface area contributed by atoms with Gasteiger partial charge < -0.3 is 4.74 Å². The van der Waals surface area contributed by atoms with E-state index in [1.54, 1.807) is 22.8 Å². The maximum absolute atomic E-state index is 13.4. The zero-order valence-electron chi connectivity index (χ0n) is 15.1. The number of fused-ring (bicyclic) bond motifs is 1. The lowest BCUT2D eigenvalue weighted by Gasteiger charge is -2.16. The molecule has 0 saturated carbocycles. The number of ketones is 1. The molecule has 2 heterocycles. The third-order valence-corrected chi connectivity index (χ3v) is 5.69. The van der Waals surface area contributed by atoms with Gasteiger partial charge in [0.05, 0.1) is 29.3 Å². The summed E-state index contributed by atoms with van der Waals surface area (Å²) in [5, 5.41) is 1.02. The van der Waals surface area contributed by atoms with Crippen LogP contribution >= 0.6 is 11.8 Å². The summed E-state index contributed by atoms with van der Waals surface area (Å²) in [7, 11) is 0. The minimum atomic E-state index is -0.449. The highest BCUT2D eigenvalue weighted by molar-refractivity contribution is 7.99. The van der Waals surface area contributed by atoms with Crippen molar-refractivity contribution in [3.8, 4) is 0 Å². The van der Waals surface area contributed by atoms with E-state index in [-0.39, 0.29) is 23.2 Å². The number of benzene rings is 2. The van der Waals surface area contributed by atoms with E-state index in [1.165, 1.54) is 30.0 Å². The topological polar surface area (TPSA) is 61.2 Å². The third-order valence-electron chi connectivity index (χ3n) is 4.72. The second-order valence-corrected chi connectivity index (χ2v) is 7.63. The zero-order valence-corrected chi connectivity index (χ0v) is 16.0. The van der Waals surface area contributed by atoms with Gasteiger partial charge in [0.1, 0.15) is 5.82 Å². The number of ether oxygens (including phenoxy) is 1. The molecule has 1 fully saturated rings. The number of halogens is 1. The summed E-state index contributed by atoms with van der Waals surface area (Å²) in [5.41, 5.74) is 0.764. The van der Waals surface area contributed by atoms with Gasteiger partial charge in [0.15, 0.2) is 10.9 Å². The number of aromatic nitrogens is 2. The van der Waals surface area contributed by atoms with Crippen molar-refractivity contribution in [1.82, 2.24) is 9.55 Å². The number of hydrogen-bond donors (Lipinski definition) is 0. The Labute approximate surface area is 165 Å². The molecule has 0 N–H and O–H groups in total. The fraction of sp³-hybridized carbons (Fsp3) is 0.286. The standard InChI is InChI=1S/C21H19FN2O3S/c22-15-6-3-5-14(11-15)19(25)13-28-21-23-18-9-2-1-8-17(18)20(26)24(21)12-16-7-4-10-27-16/h1-3,5-6,8-9,11,16H,4,7,10,12-13H2/t16-/m0/s1. The van der Waals surface area contributed by atoms with Gasteiger partial charge in [-0.2, -0.15) is 0 Å². The van der Waals surface area contributed by atoms with Crippen molar-refractivity contribution < 1.29 is 13.9 Å². The maximum Gasteiger partial charge on any atom is 0.262 e. The monoisotopic (exact) mass is 398 g/mol. The van der Waals surface area contributed by atoms with Gasteiger partial charge in [-0.15, -0.1) is 0 Å². The zero-order chi connectivity index (χ0) is 19.5. The molecule has 0 aliphatic carbocycles. The minimum Gasteiger partial charge on any atom is -0.376 e. The summed E-state index contributed by atoms with van der Waals surface area (Å²) in [4.78, 5) is 30.1. The van der Waals surface area contributed by atoms with Crippen LogP contribution in [0, 0.1) is 5.82 Å². The molecule has 1 saturated heterocycles. The first-order chi connectivity index (χ1) is 13.6. The molecule has 1 atom stereocenters. The molecule has 0 spiro atoms. The van der Waals surface area contributed by atoms with Crippen molar-refractivity contribution in [3.05, 3.63) is 70.3 Å². The lowest BCUT2D eigenvalue weighted by molar-refractivity contribution is 0.0937. The van der Waals surface area contributed by atoms with Crippen molar-refractivity contribution in [2.24, 2.45) is 0 Å². The summed E-state index contributed by atoms with van der Waals surface area (Å²) < 4.78 is 20.7. The molecule has 3 aromatic rings. The van der Waals surface area contributed by atoms with Crippen LogP contribution in [-0.4, -0.2) is 33.8 Å². The first kappa shape index (κ1) is 18.8. The molecule has 4 rings (SSSR count). The van der Waals surface area contributed by atoms with Crippen LogP contribution in [0.5, 0.6) is 0 Å². The molecule has 1 aliphatic heterocycles. The molecule has 0 unspecified atom stereocenters. The smallest absolute Gasteiger partial charge is 0.262 e. The highest BCUT2D eigenvalue weighted by Crippen LogP contribution is 2.22. The quantitative estimate of drug-likeness (QED) is 0.360. The number of rotatable bonds is 6. The number of carbonyl (C=O) groups excluding carboxylic acids is 1. The molecule has 1 aromatic heterocycles. The van der Waals surface area contributed by atoms with E-state index in [0.29, 0.717) is 34.8 Å². The Bertz CT molecular complexity index is 1080. The normalized spacial score (nSPS) is 16.5. The third kappa shape index (κ3) is 4.00. The molecule has 144 valence electrons. The van der Waals surface area contributed by atoms with Crippen LogP contribution in [-0.2, 0) is 11.3 Å². The van der Waals surface area contributed by atoms with Crippen molar-refractivity contribution in [3.63, 3.8) is 0 Å². The average Bonchev–Trinajstić information content (AvgIpc) is 3.22. The fourth-order valence-electron chi connectivity index (χ4n) is 3.29. The van der Waals surface area contributed by atoms with Crippen LogP contribution in [0.25, 0.3) is 10.9 Å². The van der Waals surface area contributed by atoms with Gasteiger partial charge >= 0.3 is 0 Å². The number of para-hydroxylation sites is 1. The lowest BCUT2D eigenvalue weighted by atomic mass is 10.1. The van der Waals surface area contributed by atoms with Crippen LogP contribution in [0.2, 0.25) is 0 Å². The van der Waals surface area contributed by atoms with Gasteiger partial charge in [-0.05, 0) is 37.1 Å². The Morgan fingerprint density at radius 1 is 1.25 bits per heavy atom. The predicted molar refractivity (Wildman–Crippen MR) is 106 cm³/mol. The van der Waals surface area contributed by atoms with Crippen LogP contribution in [0.3, 0.4) is 0 Å². The first-order valence-corrected chi connectivity index (χ1v) is 10.1. The second kappa shape index (κ2) is 8.24. The average molecular weight is 398 g/mol. The van der Waals surface area contributed by atoms with E-state index in [9.17, 15) is 14.0 Å². The predicted octanol–water partition coefficient (Wildman–Crippen LogP) is 3.69. The summed E-state index contributed by atoms with van der Waals surface area (Å²) in [5.74, 6) is -0.592. The molecule has 7 heteroatoms. The number of hydrogen-bond acceptors (Lipinski definition) is 5. The van der Waals surface area contributed by atoms with Crippen molar-refractivity contribution in [2.75, 3.05) is 12.4 Å². The van der Waals surface area contributed by atoms with Gasteiger partial charge in [-0.3, -0.25) is 14.2 Å². The number of thioether (sulfide) groups is 1. The largest absolute Gasteiger partial charge is 0.376 e. The van der Waals surface area contributed by atoms with E-state index in [2.05, 4.69) is 4.98 Å². The minimum absolute atomic E-state index is 0.0288. The lowest BCUT2D eigenvalue weighted by Crippen LogP contribution is -2.29. The van der Waals surface area contributed by atoms with E-state index < -0.39 is 5.82 Å². The number of carbonyl (C=O) groups is 1. The Kier molecular flexibility index (Phi) is 5.54. The van der Waals surface area contributed by atoms with Gasteiger partial charge in [-0.25, -0.2) is 9.37 Å². The molecule has 1 aliphatic rings. The first-order valence-electron chi connectivity index (χ1n) is 9.14.